The van der Waals surface area contributed by atoms with E-state index in [1.165, 1.54) is 0 Å². The molecule has 24 heavy (non-hydrogen) atoms. The molecule has 122 valence electrons. The third-order valence-corrected chi connectivity index (χ3v) is 4.62. The van der Waals surface area contributed by atoms with E-state index in [9.17, 15) is 4.79 Å². The summed E-state index contributed by atoms with van der Waals surface area (Å²) in [5.74, 6) is 0.665. The van der Waals surface area contributed by atoms with Gasteiger partial charge < -0.3 is 9.73 Å². The van der Waals surface area contributed by atoms with E-state index in [0.717, 1.165) is 26.9 Å². The number of aromatic nitrogens is 1. The smallest absolute Gasteiger partial charge is 0.277 e. The van der Waals surface area contributed by atoms with Crippen molar-refractivity contribution in [2.24, 2.45) is 0 Å². The second kappa shape index (κ2) is 6.61. The molecular weight excluding hydrogens is 368 g/mol. The van der Waals surface area contributed by atoms with E-state index in [-0.39, 0.29) is 5.91 Å². The monoisotopic (exact) mass is 384 g/mol. The SMILES string of the molecule is Cc1ccc(-c2nc(C(=O)Nc3ccc(Br)c(C)c3)c(C)o2)cc1. The van der Waals surface area contributed by atoms with Gasteiger partial charge in [-0.3, -0.25) is 4.79 Å². The number of amides is 1. The van der Waals surface area contributed by atoms with Crippen molar-refractivity contribution in [1.82, 2.24) is 4.98 Å². The molecule has 4 nitrogen and oxygen atoms in total. The van der Waals surface area contributed by atoms with E-state index in [0.29, 0.717) is 17.3 Å². The number of oxazole rings is 1. The molecular formula is C19H17BrN2O2. The van der Waals surface area contributed by atoms with Crippen molar-refractivity contribution in [3.63, 3.8) is 0 Å². The molecule has 0 radical (unpaired) electrons. The summed E-state index contributed by atoms with van der Waals surface area (Å²) in [5, 5.41) is 2.86. The zero-order chi connectivity index (χ0) is 17.3. The number of rotatable bonds is 3. The third-order valence-electron chi connectivity index (χ3n) is 3.73. The van der Waals surface area contributed by atoms with Gasteiger partial charge in [0.1, 0.15) is 5.76 Å². The minimum atomic E-state index is -0.281. The van der Waals surface area contributed by atoms with Crippen LogP contribution in [0, 0.1) is 20.8 Å². The standard InChI is InChI=1S/C19H17BrN2O2/c1-11-4-6-14(7-5-11)19-22-17(13(3)24-19)18(23)21-15-8-9-16(20)12(2)10-15/h4-10H,1-3H3,(H,21,23). The lowest BCUT2D eigenvalue weighted by Gasteiger charge is -2.05. The number of carbonyl (C=O) groups excluding carboxylic acids is 1. The second-order valence-corrected chi connectivity index (χ2v) is 6.56. The van der Waals surface area contributed by atoms with Gasteiger partial charge in [-0.25, -0.2) is 4.98 Å². The van der Waals surface area contributed by atoms with Crippen LogP contribution in [0.1, 0.15) is 27.4 Å². The molecule has 3 aromatic rings. The van der Waals surface area contributed by atoms with Crippen LogP contribution in [0.15, 0.2) is 51.4 Å². The summed E-state index contributed by atoms with van der Waals surface area (Å²) in [6.07, 6.45) is 0. The van der Waals surface area contributed by atoms with Crippen LogP contribution in [0.4, 0.5) is 5.69 Å². The molecule has 0 fully saturated rings. The van der Waals surface area contributed by atoms with E-state index in [1.54, 1.807) is 6.92 Å². The Labute approximate surface area is 149 Å². The Hall–Kier alpha value is -2.40. The van der Waals surface area contributed by atoms with Crippen molar-refractivity contribution >= 4 is 27.5 Å². The highest BCUT2D eigenvalue weighted by molar-refractivity contribution is 9.10. The summed E-state index contributed by atoms with van der Waals surface area (Å²) in [7, 11) is 0. The second-order valence-electron chi connectivity index (χ2n) is 5.71. The van der Waals surface area contributed by atoms with Crippen molar-refractivity contribution in [1.29, 1.82) is 0 Å². The number of carbonyl (C=O) groups is 1. The molecule has 1 amide bonds. The third kappa shape index (κ3) is 3.41. The van der Waals surface area contributed by atoms with Gasteiger partial charge in [0.2, 0.25) is 5.89 Å². The van der Waals surface area contributed by atoms with E-state index in [1.807, 2.05) is 56.3 Å². The highest BCUT2D eigenvalue weighted by atomic mass is 79.9. The van der Waals surface area contributed by atoms with Gasteiger partial charge in [-0.2, -0.15) is 0 Å². The predicted molar refractivity (Wildman–Crippen MR) is 98.2 cm³/mol. The fourth-order valence-corrected chi connectivity index (χ4v) is 2.59. The number of anilines is 1. The first kappa shape index (κ1) is 16.5. The molecule has 1 N–H and O–H groups in total. The molecule has 0 aliphatic rings. The summed E-state index contributed by atoms with van der Waals surface area (Å²) < 4.78 is 6.66. The fraction of sp³-hybridized carbons (Fsp3) is 0.158. The summed E-state index contributed by atoms with van der Waals surface area (Å²) >= 11 is 3.45. The zero-order valence-electron chi connectivity index (χ0n) is 13.7. The number of hydrogen-bond acceptors (Lipinski definition) is 3. The maximum Gasteiger partial charge on any atom is 0.277 e. The molecule has 2 aromatic carbocycles. The highest BCUT2D eigenvalue weighted by Gasteiger charge is 2.18. The first-order valence-electron chi connectivity index (χ1n) is 7.56. The van der Waals surface area contributed by atoms with Crippen LogP contribution in [-0.2, 0) is 0 Å². The lowest BCUT2D eigenvalue weighted by molar-refractivity contribution is 0.102. The Bertz CT molecular complexity index is 898. The van der Waals surface area contributed by atoms with Gasteiger partial charge >= 0.3 is 0 Å². The van der Waals surface area contributed by atoms with Gasteiger partial charge in [0.05, 0.1) is 0 Å². The molecule has 0 atom stereocenters. The topological polar surface area (TPSA) is 55.1 Å². The first-order valence-corrected chi connectivity index (χ1v) is 8.35. The van der Waals surface area contributed by atoms with Crippen LogP contribution >= 0.6 is 15.9 Å². The molecule has 3 rings (SSSR count). The Morgan fingerprint density at radius 2 is 1.79 bits per heavy atom. The molecule has 1 heterocycles. The molecule has 0 aliphatic heterocycles. The molecule has 0 saturated carbocycles. The zero-order valence-corrected chi connectivity index (χ0v) is 15.3. The molecule has 1 aromatic heterocycles. The minimum Gasteiger partial charge on any atom is -0.441 e. The van der Waals surface area contributed by atoms with Gasteiger partial charge in [-0.15, -0.1) is 0 Å². The van der Waals surface area contributed by atoms with Crippen molar-refractivity contribution in [2.45, 2.75) is 20.8 Å². The summed E-state index contributed by atoms with van der Waals surface area (Å²) in [5.41, 5.74) is 4.07. The van der Waals surface area contributed by atoms with Crippen molar-refractivity contribution in [2.75, 3.05) is 5.32 Å². The lowest BCUT2D eigenvalue weighted by atomic mass is 10.1. The highest BCUT2D eigenvalue weighted by Crippen LogP contribution is 2.24. The van der Waals surface area contributed by atoms with Crippen LogP contribution in [0.3, 0.4) is 0 Å². The molecule has 0 bridgehead atoms. The normalized spacial score (nSPS) is 10.7. The number of nitrogens with zero attached hydrogens (tertiary/aromatic N) is 1. The van der Waals surface area contributed by atoms with Gasteiger partial charge in [-0.05, 0) is 56.7 Å². The van der Waals surface area contributed by atoms with Crippen LogP contribution in [0.25, 0.3) is 11.5 Å². The van der Waals surface area contributed by atoms with Crippen molar-refractivity contribution < 1.29 is 9.21 Å². The summed E-state index contributed by atoms with van der Waals surface area (Å²) in [4.78, 5) is 16.8. The van der Waals surface area contributed by atoms with Crippen LogP contribution in [-0.4, -0.2) is 10.9 Å². The number of hydrogen-bond donors (Lipinski definition) is 1. The average molecular weight is 385 g/mol. The van der Waals surface area contributed by atoms with Crippen molar-refractivity contribution in [3.05, 3.63) is 69.5 Å². The summed E-state index contributed by atoms with van der Waals surface area (Å²) in [6, 6.07) is 13.5. The predicted octanol–water partition coefficient (Wildman–Crippen LogP) is 5.28. The van der Waals surface area contributed by atoms with E-state index >= 15 is 0 Å². The Kier molecular flexibility index (Phi) is 4.53. The number of halogens is 1. The minimum absolute atomic E-state index is 0.281. The molecule has 0 spiro atoms. The van der Waals surface area contributed by atoms with Crippen LogP contribution in [0.5, 0.6) is 0 Å². The van der Waals surface area contributed by atoms with Crippen LogP contribution < -0.4 is 5.32 Å². The quantitative estimate of drug-likeness (QED) is 0.667. The summed E-state index contributed by atoms with van der Waals surface area (Å²) in [6.45, 7) is 5.73. The molecule has 0 aliphatic carbocycles. The van der Waals surface area contributed by atoms with E-state index in [2.05, 4.69) is 26.2 Å². The lowest BCUT2D eigenvalue weighted by Crippen LogP contribution is -2.13. The largest absolute Gasteiger partial charge is 0.441 e. The molecule has 5 heteroatoms. The Morgan fingerprint density at radius 3 is 2.46 bits per heavy atom. The molecule has 0 saturated heterocycles. The van der Waals surface area contributed by atoms with E-state index < -0.39 is 0 Å². The maximum atomic E-state index is 12.5. The number of aryl methyl sites for hydroxylation is 3. The maximum absolute atomic E-state index is 12.5. The Morgan fingerprint density at radius 1 is 1.08 bits per heavy atom. The van der Waals surface area contributed by atoms with E-state index in [4.69, 9.17) is 4.42 Å². The fourth-order valence-electron chi connectivity index (χ4n) is 2.34. The molecule has 0 unspecified atom stereocenters. The van der Waals surface area contributed by atoms with Gasteiger partial charge in [-0.1, -0.05) is 33.6 Å². The van der Waals surface area contributed by atoms with Gasteiger partial charge in [0.15, 0.2) is 5.69 Å². The van der Waals surface area contributed by atoms with Crippen LogP contribution in [0.2, 0.25) is 0 Å². The number of benzene rings is 2. The average Bonchev–Trinajstić information content (AvgIpc) is 2.93. The van der Waals surface area contributed by atoms with Gasteiger partial charge in [0, 0.05) is 15.7 Å². The van der Waals surface area contributed by atoms with Gasteiger partial charge in [0.25, 0.3) is 5.91 Å². The first-order chi connectivity index (χ1) is 11.4. The van der Waals surface area contributed by atoms with Crippen molar-refractivity contribution in [3.8, 4) is 11.5 Å². The Balaban J connectivity index is 1.85. The number of nitrogens with one attached hydrogen (secondary N) is 1.